The smallest absolute Gasteiger partial charge is 0.134 e. The lowest BCUT2D eigenvalue weighted by Crippen LogP contribution is -1.76. The third-order valence-corrected chi connectivity index (χ3v) is 4.49. The van der Waals surface area contributed by atoms with Crippen LogP contribution in [0.1, 0.15) is 0 Å². The molecule has 3 aromatic rings. The number of halogens is 2. The first-order valence-electron chi connectivity index (χ1n) is 5.32. The molecule has 2 aromatic carbocycles. The lowest BCUT2D eigenvalue weighted by Gasteiger charge is -1.99. The van der Waals surface area contributed by atoms with E-state index < -0.39 is 0 Å². The molecule has 0 unspecified atom stereocenters. The molecule has 2 N–H and O–H groups in total. The highest BCUT2D eigenvalue weighted by atomic mass is 35.5. The van der Waals surface area contributed by atoms with Gasteiger partial charge < -0.3 is 10.2 Å². The van der Waals surface area contributed by atoms with Crippen LogP contribution in [0.15, 0.2) is 30.3 Å². The third-order valence-electron chi connectivity index (χ3n) is 2.62. The van der Waals surface area contributed by atoms with Gasteiger partial charge in [0.25, 0.3) is 0 Å². The van der Waals surface area contributed by atoms with E-state index in [-0.39, 0.29) is 16.5 Å². The van der Waals surface area contributed by atoms with Crippen LogP contribution in [0.25, 0.3) is 20.8 Å². The molecule has 3 nitrogen and oxygen atoms in total. The van der Waals surface area contributed by atoms with Crippen LogP contribution in [0, 0.1) is 0 Å². The molecule has 1 heterocycles. The maximum atomic E-state index is 9.50. The Morgan fingerprint density at radius 2 is 1.79 bits per heavy atom. The van der Waals surface area contributed by atoms with Gasteiger partial charge in [0.1, 0.15) is 16.5 Å². The Hall–Kier alpha value is -1.49. The second-order valence-corrected chi connectivity index (χ2v) is 5.77. The van der Waals surface area contributed by atoms with Crippen LogP contribution in [0.4, 0.5) is 0 Å². The van der Waals surface area contributed by atoms with E-state index in [2.05, 4.69) is 4.98 Å². The van der Waals surface area contributed by atoms with Crippen molar-refractivity contribution >= 4 is 44.8 Å². The molecular weight excluding hydrogens is 305 g/mol. The van der Waals surface area contributed by atoms with E-state index in [0.717, 1.165) is 15.3 Å². The van der Waals surface area contributed by atoms with Gasteiger partial charge in [-0.3, -0.25) is 0 Å². The summed E-state index contributed by atoms with van der Waals surface area (Å²) in [7, 11) is 0. The molecule has 0 spiro atoms. The number of hydrogen-bond donors (Lipinski definition) is 2. The van der Waals surface area contributed by atoms with E-state index in [4.69, 9.17) is 23.2 Å². The molecule has 0 radical (unpaired) electrons. The Bertz CT molecular complexity index is 786. The number of benzene rings is 2. The van der Waals surface area contributed by atoms with Crippen LogP contribution < -0.4 is 0 Å². The number of aromatic nitrogens is 1. The zero-order chi connectivity index (χ0) is 13.6. The monoisotopic (exact) mass is 311 g/mol. The van der Waals surface area contributed by atoms with E-state index in [0.29, 0.717) is 10.5 Å². The van der Waals surface area contributed by atoms with E-state index in [1.54, 1.807) is 18.2 Å². The summed E-state index contributed by atoms with van der Waals surface area (Å²) in [5.41, 5.74) is 1.42. The first-order chi connectivity index (χ1) is 9.04. The quantitative estimate of drug-likeness (QED) is 0.686. The highest BCUT2D eigenvalue weighted by Crippen LogP contribution is 2.38. The van der Waals surface area contributed by atoms with Crippen molar-refractivity contribution in [2.24, 2.45) is 0 Å². The van der Waals surface area contributed by atoms with Crippen molar-refractivity contribution in [3.8, 4) is 22.1 Å². The van der Waals surface area contributed by atoms with Gasteiger partial charge in [-0.05, 0) is 18.2 Å². The van der Waals surface area contributed by atoms with Crippen LogP contribution in [-0.2, 0) is 0 Å². The zero-order valence-electron chi connectivity index (χ0n) is 9.39. The number of fused-ring (bicyclic) bond motifs is 1. The molecule has 0 saturated heterocycles. The highest BCUT2D eigenvalue weighted by Gasteiger charge is 2.11. The van der Waals surface area contributed by atoms with E-state index in [9.17, 15) is 10.2 Å². The van der Waals surface area contributed by atoms with Gasteiger partial charge in [0.2, 0.25) is 0 Å². The van der Waals surface area contributed by atoms with Crippen molar-refractivity contribution in [3.05, 3.63) is 40.4 Å². The molecule has 19 heavy (non-hydrogen) atoms. The van der Waals surface area contributed by atoms with Crippen LogP contribution >= 0.6 is 34.5 Å². The fourth-order valence-corrected chi connectivity index (χ4v) is 3.19. The summed E-state index contributed by atoms with van der Waals surface area (Å²) >= 11 is 13.3. The molecule has 0 aliphatic heterocycles. The highest BCUT2D eigenvalue weighted by molar-refractivity contribution is 7.22. The van der Waals surface area contributed by atoms with Gasteiger partial charge in [-0.15, -0.1) is 11.3 Å². The Morgan fingerprint density at radius 1 is 1.00 bits per heavy atom. The molecular formula is C13H7Cl2NO2S. The first-order valence-corrected chi connectivity index (χ1v) is 6.90. The van der Waals surface area contributed by atoms with Gasteiger partial charge in [0.05, 0.1) is 20.3 Å². The minimum atomic E-state index is 0.0298. The fourth-order valence-electron chi connectivity index (χ4n) is 1.74. The van der Waals surface area contributed by atoms with Crippen LogP contribution in [0.2, 0.25) is 10.0 Å². The van der Waals surface area contributed by atoms with Crippen molar-refractivity contribution < 1.29 is 10.2 Å². The lowest BCUT2D eigenvalue weighted by molar-refractivity contribution is 0.475. The molecule has 0 atom stereocenters. The predicted molar refractivity (Wildman–Crippen MR) is 78.4 cm³/mol. The predicted octanol–water partition coefficient (Wildman–Crippen LogP) is 4.68. The number of phenols is 2. The number of thiazole rings is 1. The van der Waals surface area contributed by atoms with E-state index >= 15 is 0 Å². The van der Waals surface area contributed by atoms with Crippen molar-refractivity contribution in [2.45, 2.75) is 0 Å². The first kappa shape index (κ1) is 12.5. The maximum Gasteiger partial charge on any atom is 0.134 e. The minimum absolute atomic E-state index is 0.0298. The maximum absolute atomic E-state index is 9.50. The van der Waals surface area contributed by atoms with Crippen molar-refractivity contribution in [1.29, 1.82) is 0 Å². The number of hydrogen-bond acceptors (Lipinski definition) is 4. The second-order valence-electron chi connectivity index (χ2n) is 3.96. The van der Waals surface area contributed by atoms with Gasteiger partial charge >= 0.3 is 0 Å². The van der Waals surface area contributed by atoms with Gasteiger partial charge in [0, 0.05) is 17.7 Å². The topological polar surface area (TPSA) is 53.4 Å². The number of phenolic OH excluding ortho intramolecular Hbond substituents is 2. The summed E-state index contributed by atoms with van der Waals surface area (Å²) in [5.74, 6) is 0.111. The normalized spacial score (nSPS) is 11.1. The molecule has 0 aliphatic rings. The van der Waals surface area contributed by atoms with Gasteiger partial charge in [-0.2, -0.15) is 0 Å². The Balaban J connectivity index is 2.20. The lowest BCUT2D eigenvalue weighted by atomic mass is 10.2. The van der Waals surface area contributed by atoms with Crippen molar-refractivity contribution in [3.63, 3.8) is 0 Å². The minimum Gasteiger partial charge on any atom is -0.508 e. The molecule has 6 heteroatoms. The SMILES string of the molecule is Oc1cc(Cl)c2sc(-c3ccc(O)c(Cl)c3)nc2c1. The van der Waals surface area contributed by atoms with Crippen molar-refractivity contribution in [2.75, 3.05) is 0 Å². The molecule has 0 saturated carbocycles. The van der Waals surface area contributed by atoms with Gasteiger partial charge in [0.15, 0.2) is 0 Å². The molecule has 0 amide bonds. The summed E-state index contributed by atoms with van der Waals surface area (Å²) in [5, 5.41) is 20.4. The fraction of sp³-hybridized carbons (Fsp3) is 0. The summed E-state index contributed by atoms with van der Waals surface area (Å²) in [6.07, 6.45) is 0. The zero-order valence-corrected chi connectivity index (χ0v) is 11.7. The Labute approximate surface area is 122 Å². The number of rotatable bonds is 1. The second kappa shape index (κ2) is 4.56. The average Bonchev–Trinajstić information content (AvgIpc) is 2.76. The Morgan fingerprint density at radius 3 is 2.53 bits per heavy atom. The summed E-state index contributed by atoms with van der Waals surface area (Å²) < 4.78 is 0.804. The molecule has 0 aliphatic carbocycles. The largest absolute Gasteiger partial charge is 0.508 e. The van der Waals surface area contributed by atoms with Gasteiger partial charge in [-0.1, -0.05) is 23.2 Å². The Kier molecular flexibility index (Phi) is 3.01. The molecule has 3 rings (SSSR count). The summed E-state index contributed by atoms with van der Waals surface area (Å²) in [6.45, 7) is 0. The number of aromatic hydroxyl groups is 2. The van der Waals surface area contributed by atoms with Crippen LogP contribution in [0.5, 0.6) is 11.5 Å². The van der Waals surface area contributed by atoms with E-state index in [1.165, 1.54) is 23.5 Å². The standard InChI is InChI=1S/C13H7Cl2NO2S/c14-8-3-6(1-2-11(8)18)13-16-10-5-7(17)4-9(15)12(10)19-13/h1-5,17-18H. The average molecular weight is 312 g/mol. The molecule has 0 bridgehead atoms. The van der Waals surface area contributed by atoms with E-state index in [1.807, 2.05) is 0 Å². The summed E-state index contributed by atoms with van der Waals surface area (Å²) in [4.78, 5) is 4.41. The number of nitrogens with zero attached hydrogens (tertiary/aromatic N) is 1. The van der Waals surface area contributed by atoms with Crippen LogP contribution in [-0.4, -0.2) is 15.2 Å². The molecule has 0 fully saturated rings. The summed E-state index contributed by atoms with van der Waals surface area (Å²) in [6, 6.07) is 7.93. The van der Waals surface area contributed by atoms with Gasteiger partial charge in [-0.25, -0.2) is 4.98 Å². The third kappa shape index (κ3) is 2.23. The molecule has 96 valence electrons. The van der Waals surface area contributed by atoms with Crippen molar-refractivity contribution in [1.82, 2.24) is 4.98 Å². The van der Waals surface area contributed by atoms with Crippen LogP contribution in [0.3, 0.4) is 0 Å². The molecule has 1 aromatic heterocycles.